The van der Waals surface area contributed by atoms with Crippen molar-refractivity contribution in [2.24, 2.45) is 0 Å². The molecule has 0 unspecified atom stereocenters. The molecular formula is C15H18N6O. The Morgan fingerprint density at radius 3 is 3.00 bits per heavy atom. The minimum atomic E-state index is -0.0496. The third-order valence-electron chi connectivity index (χ3n) is 4.28. The number of nitrogens with zero attached hydrogens (tertiary/aromatic N) is 5. The zero-order valence-corrected chi connectivity index (χ0v) is 12.2. The number of likely N-dealkylation sites (tertiary alicyclic amines) is 1. The van der Waals surface area contributed by atoms with Crippen molar-refractivity contribution in [1.82, 2.24) is 30.0 Å². The van der Waals surface area contributed by atoms with Gasteiger partial charge in [-0.3, -0.25) is 9.69 Å². The summed E-state index contributed by atoms with van der Waals surface area (Å²) in [4.78, 5) is 23.0. The number of hydrogen-bond donors (Lipinski definition) is 1. The highest BCUT2D eigenvalue weighted by molar-refractivity contribution is 5.94. The van der Waals surface area contributed by atoms with Crippen LogP contribution in [0.4, 0.5) is 0 Å². The Balaban J connectivity index is 1.43. The molecule has 4 rings (SSSR count). The quantitative estimate of drug-likeness (QED) is 0.896. The van der Waals surface area contributed by atoms with Crippen molar-refractivity contribution in [3.63, 3.8) is 0 Å². The molecule has 2 aliphatic rings. The monoisotopic (exact) mass is 298 g/mol. The van der Waals surface area contributed by atoms with Crippen LogP contribution in [0.25, 0.3) is 5.82 Å². The standard InChI is InChI=1S/C15H18N6O/c22-15(19-12-4-6-20(8-12)13-1-2-13)11-3-5-17-14(7-11)21-10-16-9-18-21/h3,5,7,9-10,12-13H,1-2,4,6,8H2,(H,19,22)/t12-/m1/s1. The molecule has 0 spiro atoms. The van der Waals surface area contributed by atoms with Gasteiger partial charge in [-0.25, -0.2) is 14.6 Å². The third kappa shape index (κ3) is 2.71. The molecule has 114 valence electrons. The maximum Gasteiger partial charge on any atom is 0.251 e. The third-order valence-corrected chi connectivity index (χ3v) is 4.28. The Labute approximate surface area is 128 Å². The largest absolute Gasteiger partial charge is 0.348 e. The predicted molar refractivity (Wildman–Crippen MR) is 79.6 cm³/mol. The molecule has 3 heterocycles. The molecule has 1 atom stereocenters. The van der Waals surface area contributed by atoms with E-state index < -0.39 is 0 Å². The van der Waals surface area contributed by atoms with E-state index in [4.69, 9.17) is 0 Å². The van der Waals surface area contributed by atoms with Gasteiger partial charge in [-0.15, -0.1) is 0 Å². The minimum Gasteiger partial charge on any atom is -0.348 e. The average Bonchev–Trinajstić information content (AvgIpc) is 3.06. The van der Waals surface area contributed by atoms with Crippen LogP contribution in [0.15, 0.2) is 31.0 Å². The first kappa shape index (κ1) is 13.4. The highest BCUT2D eigenvalue weighted by Crippen LogP contribution is 2.29. The molecule has 1 aliphatic heterocycles. The van der Waals surface area contributed by atoms with Gasteiger partial charge in [-0.2, -0.15) is 5.10 Å². The number of aromatic nitrogens is 4. The van der Waals surface area contributed by atoms with Crippen molar-refractivity contribution >= 4 is 5.91 Å². The zero-order valence-electron chi connectivity index (χ0n) is 12.2. The van der Waals surface area contributed by atoms with Gasteiger partial charge in [0, 0.05) is 36.9 Å². The van der Waals surface area contributed by atoms with E-state index in [1.54, 1.807) is 29.3 Å². The van der Waals surface area contributed by atoms with E-state index in [0.29, 0.717) is 11.4 Å². The molecule has 0 radical (unpaired) electrons. The van der Waals surface area contributed by atoms with Crippen molar-refractivity contribution in [2.75, 3.05) is 13.1 Å². The normalized spacial score (nSPS) is 21.9. The van der Waals surface area contributed by atoms with Gasteiger partial charge in [-0.1, -0.05) is 0 Å². The fourth-order valence-electron chi connectivity index (χ4n) is 2.96. The van der Waals surface area contributed by atoms with Gasteiger partial charge in [0.1, 0.15) is 12.7 Å². The fraction of sp³-hybridized carbons (Fsp3) is 0.467. The molecule has 7 heteroatoms. The molecule has 22 heavy (non-hydrogen) atoms. The van der Waals surface area contributed by atoms with Crippen molar-refractivity contribution in [3.8, 4) is 5.82 Å². The number of amides is 1. The molecule has 1 aliphatic carbocycles. The first-order valence-corrected chi connectivity index (χ1v) is 7.65. The van der Waals surface area contributed by atoms with E-state index in [2.05, 4.69) is 25.3 Å². The van der Waals surface area contributed by atoms with Crippen LogP contribution in [-0.2, 0) is 0 Å². The molecule has 2 fully saturated rings. The first-order chi connectivity index (χ1) is 10.8. The smallest absolute Gasteiger partial charge is 0.251 e. The van der Waals surface area contributed by atoms with Crippen LogP contribution in [0, 0.1) is 0 Å². The Kier molecular flexibility index (Phi) is 3.34. The van der Waals surface area contributed by atoms with E-state index in [9.17, 15) is 4.79 Å². The lowest BCUT2D eigenvalue weighted by molar-refractivity contribution is 0.0937. The second kappa shape index (κ2) is 5.49. The zero-order chi connectivity index (χ0) is 14.9. The topological polar surface area (TPSA) is 75.9 Å². The number of carbonyl (C=O) groups excluding carboxylic acids is 1. The SMILES string of the molecule is O=C(N[C@@H]1CCN(C2CC2)C1)c1ccnc(-n2cncn2)c1. The summed E-state index contributed by atoms with van der Waals surface area (Å²) in [6, 6.07) is 4.47. The second-order valence-electron chi connectivity index (χ2n) is 5.93. The average molecular weight is 298 g/mol. The highest BCUT2D eigenvalue weighted by Gasteiger charge is 2.34. The molecule has 1 saturated carbocycles. The number of carbonyl (C=O) groups is 1. The second-order valence-corrected chi connectivity index (χ2v) is 5.93. The van der Waals surface area contributed by atoms with E-state index in [-0.39, 0.29) is 11.9 Å². The minimum absolute atomic E-state index is 0.0496. The molecule has 2 aromatic rings. The summed E-state index contributed by atoms with van der Waals surface area (Å²) >= 11 is 0. The van der Waals surface area contributed by atoms with Gasteiger partial charge in [0.25, 0.3) is 5.91 Å². The van der Waals surface area contributed by atoms with Crippen LogP contribution in [0.1, 0.15) is 29.6 Å². The van der Waals surface area contributed by atoms with Crippen LogP contribution in [0.3, 0.4) is 0 Å². The lowest BCUT2D eigenvalue weighted by Gasteiger charge is -2.15. The molecule has 7 nitrogen and oxygen atoms in total. The lowest BCUT2D eigenvalue weighted by atomic mass is 10.2. The summed E-state index contributed by atoms with van der Waals surface area (Å²) in [6.45, 7) is 2.06. The molecule has 1 amide bonds. The van der Waals surface area contributed by atoms with Gasteiger partial charge in [0.05, 0.1) is 0 Å². The first-order valence-electron chi connectivity index (χ1n) is 7.65. The fourth-order valence-corrected chi connectivity index (χ4v) is 2.96. The van der Waals surface area contributed by atoms with Gasteiger partial charge >= 0.3 is 0 Å². The molecule has 1 N–H and O–H groups in total. The Morgan fingerprint density at radius 1 is 1.32 bits per heavy atom. The number of rotatable bonds is 4. The summed E-state index contributed by atoms with van der Waals surface area (Å²) in [7, 11) is 0. The van der Waals surface area contributed by atoms with Gasteiger partial charge in [0.15, 0.2) is 5.82 Å². The summed E-state index contributed by atoms with van der Waals surface area (Å²) in [5, 5.41) is 7.16. The van der Waals surface area contributed by atoms with Crippen LogP contribution < -0.4 is 5.32 Å². The van der Waals surface area contributed by atoms with Crippen LogP contribution in [0.2, 0.25) is 0 Å². The predicted octanol–water partition coefficient (Wildman–Crippen LogP) is 0.629. The van der Waals surface area contributed by atoms with Crippen molar-refractivity contribution in [3.05, 3.63) is 36.5 Å². The van der Waals surface area contributed by atoms with Gasteiger partial charge in [0.2, 0.25) is 0 Å². The summed E-state index contributed by atoms with van der Waals surface area (Å²) < 4.78 is 1.54. The summed E-state index contributed by atoms with van der Waals surface area (Å²) in [5.41, 5.74) is 0.602. The van der Waals surface area contributed by atoms with Crippen LogP contribution in [-0.4, -0.2) is 55.7 Å². The number of hydrogen-bond acceptors (Lipinski definition) is 5. The molecule has 1 saturated heterocycles. The van der Waals surface area contributed by atoms with Crippen LogP contribution >= 0.6 is 0 Å². The van der Waals surface area contributed by atoms with E-state index in [1.807, 2.05) is 0 Å². The molecule has 2 aromatic heterocycles. The Hall–Kier alpha value is -2.28. The number of pyridine rings is 1. The lowest BCUT2D eigenvalue weighted by Crippen LogP contribution is -2.37. The number of nitrogens with one attached hydrogen (secondary N) is 1. The van der Waals surface area contributed by atoms with E-state index >= 15 is 0 Å². The maximum absolute atomic E-state index is 12.4. The van der Waals surface area contributed by atoms with Gasteiger partial charge in [-0.05, 0) is 31.4 Å². The van der Waals surface area contributed by atoms with Gasteiger partial charge < -0.3 is 5.32 Å². The molecule has 0 aromatic carbocycles. The van der Waals surface area contributed by atoms with Crippen molar-refractivity contribution in [1.29, 1.82) is 0 Å². The maximum atomic E-state index is 12.4. The summed E-state index contributed by atoms with van der Waals surface area (Å²) in [5.74, 6) is 0.544. The van der Waals surface area contributed by atoms with E-state index in [1.165, 1.54) is 19.2 Å². The van der Waals surface area contributed by atoms with E-state index in [0.717, 1.165) is 25.6 Å². The summed E-state index contributed by atoms with van der Waals surface area (Å²) in [6.07, 6.45) is 8.28. The molecule has 0 bridgehead atoms. The van der Waals surface area contributed by atoms with Crippen molar-refractivity contribution in [2.45, 2.75) is 31.3 Å². The molecular weight excluding hydrogens is 280 g/mol. The Bertz CT molecular complexity index is 666. The van der Waals surface area contributed by atoms with Crippen LogP contribution in [0.5, 0.6) is 0 Å². The highest BCUT2D eigenvalue weighted by atomic mass is 16.1. The van der Waals surface area contributed by atoms with Crippen molar-refractivity contribution < 1.29 is 4.79 Å². The Morgan fingerprint density at radius 2 is 2.23 bits per heavy atom.